The molecular formula is C40H61NO5Si. The van der Waals surface area contributed by atoms with Crippen LogP contribution in [-0.2, 0) is 31.8 Å². The SMILES string of the molecule is CC(C)[C@H](OCc1ccccc1)C(=O)N(C)[C@@H](Cc1ccccc1)[C@@H](CC(=O)[C@@]1(O)C[C@H]2CC[C@]1(C)C2(C)C)O[Si](C)(C)C(C)(C)C. The summed E-state index contributed by atoms with van der Waals surface area (Å²) >= 11 is 0. The molecule has 4 rings (SSSR count). The fourth-order valence-corrected chi connectivity index (χ4v) is 9.26. The maximum atomic E-state index is 14.6. The second-order valence-corrected chi connectivity index (χ2v) is 21.8. The summed E-state index contributed by atoms with van der Waals surface area (Å²) in [6.07, 6.45) is 1.66. The number of amides is 1. The Labute approximate surface area is 285 Å². The van der Waals surface area contributed by atoms with Gasteiger partial charge in [0, 0.05) is 18.9 Å². The Hall–Kier alpha value is -2.32. The quantitative estimate of drug-likeness (QED) is 0.206. The lowest BCUT2D eigenvalue weighted by Crippen LogP contribution is -2.58. The number of rotatable bonds is 14. The summed E-state index contributed by atoms with van der Waals surface area (Å²) in [7, 11) is -0.601. The van der Waals surface area contributed by atoms with Crippen LogP contribution in [0, 0.1) is 22.7 Å². The molecule has 2 bridgehead atoms. The average Bonchev–Trinajstić information content (AvgIpc) is 3.31. The number of likely N-dealkylation sites (N-methyl/N-ethyl adjacent to an activating group) is 1. The molecule has 2 fully saturated rings. The molecule has 0 unspecified atom stereocenters. The number of carbonyl (C=O) groups is 2. The van der Waals surface area contributed by atoms with Crippen molar-refractivity contribution >= 4 is 20.0 Å². The van der Waals surface area contributed by atoms with Gasteiger partial charge in [0.2, 0.25) is 0 Å². The summed E-state index contributed by atoms with van der Waals surface area (Å²) in [6.45, 7) is 21.9. The molecule has 0 aliphatic heterocycles. The van der Waals surface area contributed by atoms with E-state index in [4.69, 9.17) is 9.16 Å². The number of nitrogens with zero attached hydrogens (tertiary/aromatic N) is 1. The highest BCUT2D eigenvalue weighted by Crippen LogP contribution is 2.70. The minimum Gasteiger partial charge on any atom is -0.411 e. The molecule has 0 heterocycles. The molecule has 7 heteroatoms. The van der Waals surface area contributed by atoms with Crippen LogP contribution < -0.4 is 0 Å². The molecule has 260 valence electrons. The van der Waals surface area contributed by atoms with Crippen molar-refractivity contribution in [1.29, 1.82) is 0 Å². The van der Waals surface area contributed by atoms with Gasteiger partial charge in [-0.2, -0.15) is 0 Å². The Balaban J connectivity index is 1.72. The second-order valence-electron chi connectivity index (χ2n) is 17.1. The number of Topliss-reactive ketones (excluding diaryl/α,β-unsaturated/α-hetero) is 1. The fourth-order valence-electron chi connectivity index (χ4n) is 7.91. The first-order valence-electron chi connectivity index (χ1n) is 17.6. The van der Waals surface area contributed by atoms with Gasteiger partial charge in [-0.25, -0.2) is 0 Å². The van der Waals surface area contributed by atoms with Gasteiger partial charge in [-0.15, -0.1) is 0 Å². The zero-order valence-electron chi connectivity index (χ0n) is 30.9. The summed E-state index contributed by atoms with van der Waals surface area (Å²) in [5.74, 6) is -0.0398. The minimum atomic E-state index is -2.43. The van der Waals surface area contributed by atoms with E-state index < -0.39 is 37.6 Å². The van der Waals surface area contributed by atoms with Gasteiger partial charge < -0.3 is 19.2 Å². The normalized spacial score (nSPS) is 25.9. The van der Waals surface area contributed by atoms with Crippen LogP contribution in [0.1, 0.15) is 92.2 Å². The number of benzene rings is 2. The first kappa shape index (κ1) is 37.5. The van der Waals surface area contributed by atoms with E-state index >= 15 is 0 Å². The molecule has 0 radical (unpaired) electrons. The fraction of sp³-hybridized carbons (Fsp3) is 0.650. The van der Waals surface area contributed by atoms with Crippen LogP contribution in [0.2, 0.25) is 18.1 Å². The second kappa shape index (κ2) is 13.9. The van der Waals surface area contributed by atoms with Crippen molar-refractivity contribution in [2.75, 3.05) is 7.05 Å². The van der Waals surface area contributed by atoms with Gasteiger partial charge in [0.05, 0.1) is 18.8 Å². The highest BCUT2D eigenvalue weighted by Gasteiger charge is 2.71. The Morgan fingerprint density at radius 3 is 2.00 bits per heavy atom. The van der Waals surface area contributed by atoms with E-state index in [1.807, 2.05) is 69.4 Å². The third-order valence-corrected chi connectivity index (χ3v) is 17.2. The third-order valence-electron chi connectivity index (χ3n) is 12.7. The lowest BCUT2D eigenvalue weighted by atomic mass is 9.62. The monoisotopic (exact) mass is 663 g/mol. The van der Waals surface area contributed by atoms with Crippen LogP contribution in [0.15, 0.2) is 60.7 Å². The molecule has 2 aromatic rings. The number of ether oxygens (including phenoxy) is 1. The number of hydrogen-bond acceptors (Lipinski definition) is 5. The van der Waals surface area contributed by atoms with Crippen molar-refractivity contribution in [1.82, 2.24) is 4.90 Å². The van der Waals surface area contributed by atoms with Crippen LogP contribution in [0.3, 0.4) is 0 Å². The lowest BCUT2D eigenvalue weighted by Gasteiger charge is -2.47. The zero-order chi connectivity index (χ0) is 35.0. The van der Waals surface area contributed by atoms with Crippen molar-refractivity contribution < 1.29 is 23.9 Å². The van der Waals surface area contributed by atoms with Gasteiger partial charge in [0.15, 0.2) is 14.1 Å². The average molecular weight is 664 g/mol. The van der Waals surface area contributed by atoms with Crippen LogP contribution in [0.4, 0.5) is 0 Å². The lowest BCUT2D eigenvalue weighted by molar-refractivity contribution is -0.160. The van der Waals surface area contributed by atoms with Gasteiger partial charge in [0.1, 0.15) is 11.7 Å². The van der Waals surface area contributed by atoms with Crippen LogP contribution >= 0.6 is 0 Å². The van der Waals surface area contributed by atoms with Crippen molar-refractivity contribution in [2.45, 2.75) is 136 Å². The van der Waals surface area contributed by atoms with Crippen LogP contribution in [0.25, 0.3) is 0 Å². The summed E-state index contributed by atoms with van der Waals surface area (Å²) in [4.78, 5) is 30.9. The molecule has 2 aliphatic rings. The van der Waals surface area contributed by atoms with E-state index in [2.05, 4.69) is 66.8 Å². The third kappa shape index (κ3) is 7.34. The topological polar surface area (TPSA) is 76.1 Å². The molecule has 0 aromatic heterocycles. The van der Waals surface area contributed by atoms with E-state index in [9.17, 15) is 14.7 Å². The van der Waals surface area contributed by atoms with Gasteiger partial charge in [0.25, 0.3) is 5.91 Å². The Morgan fingerprint density at radius 1 is 0.979 bits per heavy atom. The molecule has 2 aromatic carbocycles. The molecular weight excluding hydrogens is 603 g/mol. The summed E-state index contributed by atoms with van der Waals surface area (Å²) in [6, 6.07) is 19.6. The maximum Gasteiger partial charge on any atom is 0.252 e. The summed E-state index contributed by atoms with van der Waals surface area (Å²) in [5.41, 5.74) is 0.00653. The maximum absolute atomic E-state index is 14.6. The first-order valence-corrected chi connectivity index (χ1v) is 20.6. The molecule has 1 amide bonds. The molecule has 1 N–H and O–H groups in total. The van der Waals surface area contributed by atoms with Crippen molar-refractivity contribution in [3.8, 4) is 0 Å². The van der Waals surface area contributed by atoms with E-state index in [1.54, 1.807) is 4.90 Å². The van der Waals surface area contributed by atoms with Crippen molar-refractivity contribution in [3.63, 3.8) is 0 Å². The number of carbonyl (C=O) groups excluding carboxylic acids is 2. The predicted octanol–water partition coefficient (Wildman–Crippen LogP) is 8.22. The van der Waals surface area contributed by atoms with Gasteiger partial charge in [-0.1, -0.05) is 116 Å². The zero-order valence-corrected chi connectivity index (χ0v) is 31.9. The standard InChI is InChI=1S/C40H61NO5Si/c1-28(2)35(45-27-30-20-16-13-17-21-30)36(43)41(9)32(24-29-18-14-12-15-19-29)33(46-47(10,11)37(3,4)5)25-34(42)40(44)26-31-22-23-39(40,8)38(31,6)7/h12-21,28,31-33,35,44H,22-27H2,1-11H3/t31-,32+,33-,35+,39-,40+/m1/s1. The molecule has 47 heavy (non-hydrogen) atoms. The Morgan fingerprint density at radius 2 is 1.53 bits per heavy atom. The smallest absolute Gasteiger partial charge is 0.252 e. The minimum absolute atomic E-state index is 0.0493. The Bertz CT molecular complexity index is 1370. The number of aliphatic hydroxyl groups is 1. The van der Waals surface area contributed by atoms with Crippen LogP contribution in [0.5, 0.6) is 0 Å². The summed E-state index contributed by atoms with van der Waals surface area (Å²) < 4.78 is 13.5. The molecule has 2 saturated carbocycles. The number of fused-ring (bicyclic) bond motifs is 2. The largest absolute Gasteiger partial charge is 0.411 e. The molecule has 6 nitrogen and oxygen atoms in total. The molecule has 0 spiro atoms. The molecule has 0 saturated heterocycles. The van der Waals surface area contributed by atoms with Crippen molar-refractivity contribution in [2.24, 2.45) is 22.7 Å². The van der Waals surface area contributed by atoms with Crippen LogP contribution in [-0.4, -0.2) is 60.9 Å². The number of ketones is 1. The molecule has 2 aliphatic carbocycles. The highest BCUT2D eigenvalue weighted by atomic mass is 28.4. The van der Waals surface area contributed by atoms with E-state index in [0.717, 1.165) is 24.0 Å². The van der Waals surface area contributed by atoms with Crippen molar-refractivity contribution in [3.05, 3.63) is 71.8 Å². The summed E-state index contributed by atoms with van der Waals surface area (Å²) in [5, 5.41) is 12.2. The Kier molecular flexibility index (Phi) is 11.1. The highest BCUT2D eigenvalue weighted by molar-refractivity contribution is 6.74. The first-order chi connectivity index (χ1) is 21.7. The van der Waals surface area contributed by atoms with E-state index in [1.165, 1.54) is 0 Å². The van der Waals surface area contributed by atoms with Gasteiger partial charge in [-0.3, -0.25) is 9.59 Å². The predicted molar refractivity (Wildman–Crippen MR) is 192 cm³/mol. The molecule has 6 atom stereocenters. The van der Waals surface area contributed by atoms with E-state index in [-0.39, 0.29) is 34.5 Å². The van der Waals surface area contributed by atoms with Gasteiger partial charge >= 0.3 is 0 Å². The van der Waals surface area contributed by atoms with E-state index in [0.29, 0.717) is 25.4 Å². The number of hydrogen-bond donors (Lipinski definition) is 1. The van der Waals surface area contributed by atoms with Gasteiger partial charge in [-0.05, 0) is 72.2 Å².